The molecule has 0 saturated heterocycles. The zero-order chi connectivity index (χ0) is 33.2. The topological polar surface area (TPSA) is 96.5 Å². The van der Waals surface area contributed by atoms with Gasteiger partial charge in [0.15, 0.2) is 0 Å². The zero-order valence-electron chi connectivity index (χ0n) is 26.3. The summed E-state index contributed by atoms with van der Waals surface area (Å²) in [7, 11) is 1.55. The molecule has 0 spiro atoms. The molecule has 5 aromatic rings. The van der Waals surface area contributed by atoms with Gasteiger partial charge in [-0.15, -0.1) is 11.8 Å². The largest absolute Gasteiger partial charge is 0.496 e. The molecule has 0 aliphatic heterocycles. The van der Waals surface area contributed by atoms with Gasteiger partial charge in [-0.3, -0.25) is 14.4 Å². The van der Waals surface area contributed by atoms with Crippen LogP contribution >= 0.6 is 11.8 Å². The van der Waals surface area contributed by atoms with E-state index in [-0.39, 0.29) is 11.6 Å². The van der Waals surface area contributed by atoms with Gasteiger partial charge in [-0.1, -0.05) is 72.8 Å². The molecule has 0 bridgehead atoms. The molecule has 0 heterocycles. The van der Waals surface area contributed by atoms with Gasteiger partial charge in [0.05, 0.1) is 7.11 Å². The van der Waals surface area contributed by atoms with Crippen LogP contribution in [0.2, 0.25) is 0 Å². The highest BCUT2D eigenvalue weighted by Crippen LogP contribution is 2.37. The van der Waals surface area contributed by atoms with E-state index in [0.29, 0.717) is 22.6 Å². The van der Waals surface area contributed by atoms with E-state index in [4.69, 9.17) is 4.74 Å². The molecule has 0 saturated carbocycles. The lowest BCUT2D eigenvalue weighted by Crippen LogP contribution is -2.30. The summed E-state index contributed by atoms with van der Waals surface area (Å²) in [6, 6.07) is 38.6. The quantitative estimate of drug-likeness (QED) is 0.0998. The summed E-state index contributed by atoms with van der Waals surface area (Å²) in [5.41, 5.74) is 5.50. The van der Waals surface area contributed by atoms with Crippen LogP contribution in [0.3, 0.4) is 0 Å². The molecule has 0 aliphatic rings. The van der Waals surface area contributed by atoms with E-state index in [1.165, 1.54) is 11.8 Å². The Morgan fingerprint density at radius 1 is 0.702 bits per heavy atom. The van der Waals surface area contributed by atoms with Crippen molar-refractivity contribution in [2.75, 3.05) is 17.7 Å². The minimum absolute atomic E-state index is 0.0500. The Morgan fingerprint density at radius 3 is 2.02 bits per heavy atom. The lowest BCUT2D eigenvalue weighted by atomic mass is 10.1. The first kappa shape index (κ1) is 32.8. The monoisotopic (exact) mass is 641 g/mol. The Morgan fingerprint density at radius 2 is 1.34 bits per heavy atom. The van der Waals surface area contributed by atoms with E-state index in [2.05, 4.69) is 16.0 Å². The second kappa shape index (κ2) is 15.6. The maximum absolute atomic E-state index is 13.5. The normalized spacial score (nSPS) is 11.7. The van der Waals surface area contributed by atoms with Crippen LogP contribution in [0.5, 0.6) is 5.75 Å². The van der Waals surface area contributed by atoms with Gasteiger partial charge < -0.3 is 20.7 Å². The third-order valence-corrected chi connectivity index (χ3v) is 8.71. The van der Waals surface area contributed by atoms with E-state index in [1.807, 2.05) is 92.7 Å². The number of carbonyl (C=O) groups is 3. The summed E-state index contributed by atoms with van der Waals surface area (Å²) in [6.07, 6.45) is 1.58. The van der Waals surface area contributed by atoms with Crippen LogP contribution in [0.1, 0.15) is 37.9 Å². The molecule has 0 aromatic heterocycles. The van der Waals surface area contributed by atoms with Crippen LogP contribution in [0.15, 0.2) is 138 Å². The summed E-state index contributed by atoms with van der Waals surface area (Å²) in [5.74, 6) is -0.500. The van der Waals surface area contributed by atoms with Gasteiger partial charge in [-0.2, -0.15) is 0 Å². The summed E-state index contributed by atoms with van der Waals surface area (Å²) >= 11 is 1.42. The molecule has 8 heteroatoms. The average Bonchev–Trinajstić information content (AvgIpc) is 3.10. The Balaban J connectivity index is 1.34. The number of nitrogens with one attached hydrogen (secondary N) is 3. The van der Waals surface area contributed by atoms with Crippen LogP contribution in [0.25, 0.3) is 6.08 Å². The SMILES string of the molecule is COc1ccccc1/C=C(\NC(=O)c1ccccc1)C(=O)Nc1ccc(SC(C(=O)Nc2ccc(C)c(C)c2)c2ccccc2)cc1. The average molecular weight is 642 g/mol. The van der Waals surface area contributed by atoms with Crippen molar-refractivity contribution >= 4 is 46.9 Å². The molecular weight excluding hydrogens is 607 g/mol. The second-order valence-electron chi connectivity index (χ2n) is 10.8. The van der Waals surface area contributed by atoms with Crippen molar-refractivity contribution in [3.05, 3.63) is 161 Å². The first-order chi connectivity index (χ1) is 22.8. The number of hydrogen-bond acceptors (Lipinski definition) is 5. The predicted octanol–water partition coefficient (Wildman–Crippen LogP) is 8.19. The van der Waals surface area contributed by atoms with E-state index in [9.17, 15) is 14.4 Å². The number of para-hydroxylation sites is 1. The van der Waals surface area contributed by atoms with Crippen LogP contribution in [0, 0.1) is 13.8 Å². The summed E-state index contributed by atoms with van der Waals surface area (Å²) < 4.78 is 5.45. The lowest BCUT2D eigenvalue weighted by molar-refractivity contribution is -0.116. The van der Waals surface area contributed by atoms with Crippen LogP contribution < -0.4 is 20.7 Å². The zero-order valence-corrected chi connectivity index (χ0v) is 27.1. The molecule has 236 valence electrons. The number of carbonyl (C=O) groups excluding carboxylic acids is 3. The Kier molecular flexibility index (Phi) is 10.9. The van der Waals surface area contributed by atoms with Crippen molar-refractivity contribution in [1.82, 2.24) is 5.32 Å². The first-order valence-corrected chi connectivity index (χ1v) is 15.9. The number of ether oxygens (including phenoxy) is 1. The van der Waals surface area contributed by atoms with Gasteiger partial charge in [-0.05, 0) is 91.2 Å². The number of rotatable bonds is 11. The van der Waals surface area contributed by atoms with Crippen LogP contribution in [-0.2, 0) is 9.59 Å². The van der Waals surface area contributed by atoms with Gasteiger partial charge in [0.1, 0.15) is 16.7 Å². The smallest absolute Gasteiger partial charge is 0.272 e. The van der Waals surface area contributed by atoms with E-state index >= 15 is 0 Å². The highest BCUT2D eigenvalue weighted by atomic mass is 32.2. The maximum Gasteiger partial charge on any atom is 0.272 e. The first-order valence-electron chi connectivity index (χ1n) is 15.0. The molecule has 5 rings (SSSR count). The molecule has 1 atom stereocenters. The van der Waals surface area contributed by atoms with Crippen molar-refractivity contribution in [2.24, 2.45) is 0 Å². The number of anilines is 2. The summed E-state index contributed by atoms with van der Waals surface area (Å²) in [6.45, 7) is 4.05. The minimum Gasteiger partial charge on any atom is -0.496 e. The molecule has 47 heavy (non-hydrogen) atoms. The number of amides is 3. The third kappa shape index (κ3) is 8.77. The Labute approximate surface area is 279 Å². The number of hydrogen-bond donors (Lipinski definition) is 3. The fourth-order valence-electron chi connectivity index (χ4n) is 4.76. The molecule has 1 unspecified atom stereocenters. The standard InChI is InChI=1S/C39H35N3O4S/c1-26-18-19-32(24-27(26)2)41-39(45)36(28-12-6-4-7-13-28)47-33-22-20-31(21-23-33)40-38(44)34(25-30-16-10-11-17-35(30)46-3)42-37(43)29-14-8-5-9-15-29/h4-25,36H,1-3H3,(H,40,44)(H,41,45)(H,42,43)/b34-25-. The van der Waals surface area contributed by atoms with Gasteiger partial charge in [0.2, 0.25) is 5.91 Å². The fraction of sp³-hybridized carbons (Fsp3) is 0.103. The van der Waals surface area contributed by atoms with Crippen LogP contribution in [0.4, 0.5) is 11.4 Å². The predicted molar refractivity (Wildman–Crippen MR) is 190 cm³/mol. The Hall–Kier alpha value is -5.60. The highest BCUT2D eigenvalue weighted by Gasteiger charge is 2.23. The summed E-state index contributed by atoms with van der Waals surface area (Å²) in [5, 5.41) is 8.19. The second-order valence-corrected chi connectivity index (χ2v) is 12.0. The molecule has 5 aromatic carbocycles. The third-order valence-electron chi connectivity index (χ3n) is 7.45. The van der Waals surface area contributed by atoms with Crippen molar-refractivity contribution in [1.29, 1.82) is 0 Å². The Bertz CT molecular complexity index is 1890. The molecule has 0 radical (unpaired) electrons. The molecule has 3 N–H and O–H groups in total. The van der Waals surface area contributed by atoms with Crippen molar-refractivity contribution in [3.8, 4) is 5.75 Å². The number of aryl methyl sites for hydroxylation is 2. The molecule has 0 fully saturated rings. The lowest BCUT2D eigenvalue weighted by Gasteiger charge is -2.18. The molecule has 3 amide bonds. The number of benzene rings is 5. The van der Waals surface area contributed by atoms with Crippen LogP contribution in [-0.4, -0.2) is 24.8 Å². The van der Waals surface area contributed by atoms with Crippen molar-refractivity contribution in [2.45, 2.75) is 24.0 Å². The van der Waals surface area contributed by atoms with Crippen molar-refractivity contribution in [3.63, 3.8) is 0 Å². The molecular formula is C39H35N3O4S. The van der Waals surface area contributed by atoms with Crippen molar-refractivity contribution < 1.29 is 19.1 Å². The minimum atomic E-state index is -0.512. The number of thioether (sulfide) groups is 1. The van der Waals surface area contributed by atoms with E-state index in [1.54, 1.807) is 61.7 Å². The van der Waals surface area contributed by atoms with E-state index in [0.717, 1.165) is 27.3 Å². The van der Waals surface area contributed by atoms with Gasteiger partial charge >= 0.3 is 0 Å². The van der Waals surface area contributed by atoms with Gasteiger partial charge in [-0.25, -0.2) is 0 Å². The van der Waals surface area contributed by atoms with Gasteiger partial charge in [0.25, 0.3) is 11.8 Å². The fourth-order valence-corrected chi connectivity index (χ4v) is 5.79. The molecule has 7 nitrogen and oxygen atoms in total. The summed E-state index contributed by atoms with van der Waals surface area (Å²) in [4.78, 5) is 41.0. The van der Waals surface area contributed by atoms with Gasteiger partial charge in [0, 0.05) is 27.4 Å². The number of methoxy groups -OCH3 is 1. The van der Waals surface area contributed by atoms with E-state index < -0.39 is 17.1 Å². The molecule has 0 aliphatic carbocycles. The maximum atomic E-state index is 13.5. The highest BCUT2D eigenvalue weighted by molar-refractivity contribution is 8.00.